The van der Waals surface area contributed by atoms with Crippen LogP contribution in [-0.2, 0) is 20.7 Å². The van der Waals surface area contributed by atoms with E-state index >= 15 is 0 Å². The third-order valence-corrected chi connectivity index (χ3v) is 4.77. The van der Waals surface area contributed by atoms with Crippen LogP contribution in [0.1, 0.15) is 5.56 Å². The molecule has 0 aliphatic rings. The summed E-state index contributed by atoms with van der Waals surface area (Å²) in [6.45, 7) is -0.369. The third-order valence-electron chi connectivity index (χ3n) is 4.01. The second-order valence-corrected chi connectivity index (χ2v) is 6.86. The Bertz CT molecular complexity index is 967. The van der Waals surface area contributed by atoms with Gasteiger partial charge in [-0.05, 0) is 42.0 Å². The normalized spacial score (nSPS) is 10.3. The van der Waals surface area contributed by atoms with E-state index in [1.165, 1.54) is 11.3 Å². The Balaban J connectivity index is 1.47. The van der Waals surface area contributed by atoms with Gasteiger partial charge >= 0.3 is 5.97 Å². The van der Waals surface area contributed by atoms with Gasteiger partial charge in [-0.25, -0.2) is 4.98 Å². The van der Waals surface area contributed by atoms with Gasteiger partial charge in [-0.1, -0.05) is 12.1 Å². The molecular weight excluding hydrogens is 392 g/mol. The number of hydrogen-bond donors (Lipinski definition) is 1. The van der Waals surface area contributed by atoms with Crippen molar-refractivity contribution < 1.29 is 23.8 Å². The van der Waals surface area contributed by atoms with Crippen LogP contribution in [0.4, 0.5) is 5.13 Å². The first-order valence-electron chi connectivity index (χ1n) is 8.75. The van der Waals surface area contributed by atoms with Crippen molar-refractivity contribution in [2.75, 3.05) is 26.1 Å². The van der Waals surface area contributed by atoms with Crippen molar-refractivity contribution in [1.29, 1.82) is 0 Å². The molecule has 3 aromatic rings. The quantitative estimate of drug-likeness (QED) is 0.570. The molecule has 0 spiro atoms. The lowest BCUT2D eigenvalue weighted by atomic mass is 10.1. The van der Waals surface area contributed by atoms with E-state index in [-0.39, 0.29) is 13.0 Å². The van der Waals surface area contributed by atoms with Crippen LogP contribution in [0.5, 0.6) is 11.5 Å². The van der Waals surface area contributed by atoms with Crippen molar-refractivity contribution in [2.45, 2.75) is 6.42 Å². The Hall–Kier alpha value is -3.39. The Kier molecular flexibility index (Phi) is 6.80. The molecule has 150 valence electrons. The van der Waals surface area contributed by atoms with Gasteiger partial charge in [0.2, 0.25) is 0 Å². The van der Waals surface area contributed by atoms with E-state index in [9.17, 15) is 9.59 Å². The number of carbonyl (C=O) groups is 2. The van der Waals surface area contributed by atoms with Crippen molar-refractivity contribution in [1.82, 2.24) is 4.98 Å². The molecule has 0 radical (unpaired) electrons. The maximum absolute atomic E-state index is 12.0. The van der Waals surface area contributed by atoms with Crippen LogP contribution >= 0.6 is 11.3 Å². The number of amides is 1. The van der Waals surface area contributed by atoms with Gasteiger partial charge < -0.3 is 14.2 Å². The summed E-state index contributed by atoms with van der Waals surface area (Å²) in [6.07, 6.45) is 0.0795. The van der Waals surface area contributed by atoms with E-state index in [0.717, 1.165) is 22.6 Å². The molecule has 0 aliphatic carbocycles. The molecule has 0 fully saturated rings. The summed E-state index contributed by atoms with van der Waals surface area (Å²) >= 11 is 1.30. The summed E-state index contributed by atoms with van der Waals surface area (Å²) in [7, 11) is 3.18. The second-order valence-electron chi connectivity index (χ2n) is 6.00. The molecule has 0 aliphatic heterocycles. The molecule has 0 saturated carbocycles. The minimum Gasteiger partial charge on any atom is -0.497 e. The molecule has 2 aromatic carbocycles. The molecule has 0 atom stereocenters. The number of ether oxygens (including phenoxy) is 3. The number of anilines is 1. The SMILES string of the molecule is COc1ccc(CC(=O)OCC(=O)Nc2nc(-c3ccc(OC)cc3)cs2)cc1. The van der Waals surface area contributed by atoms with E-state index in [1.807, 2.05) is 29.6 Å². The minimum absolute atomic E-state index is 0.0795. The molecule has 0 unspecified atom stereocenters. The highest BCUT2D eigenvalue weighted by Crippen LogP contribution is 2.26. The van der Waals surface area contributed by atoms with Crippen LogP contribution in [0.25, 0.3) is 11.3 Å². The van der Waals surface area contributed by atoms with Crippen molar-refractivity contribution in [3.8, 4) is 22.8 Å². The number of nitrogens with one attached hydrogen (secondary N) is 1. The van der Waals surface area contributed by atoms with E-state index in [4.69, 9.17) is 14.2 Å². The minimum atomic E-state index is -0.483. The molecule has 1 aromatic heterocycles. The number of thiazole rings is 1. The number of rotatable bonds is 8. The number of carbonyl (C=O) groups excluding carboxylic acids is 2. The molecule has 1 amide bonds. The predicted octanol–water partition coefficient (Wildman–Crippen LogP) is 3.55. The standard InChI is InChI=1S/C21H20N2O5S/c1-26-16-7-3-14(4-8-16)11-20(25)28-12-19(24)23-21-22-18(13-29-21)15-5-9-17(27-2)10-6-15/h3-10,13H,11-12H2,1-2H3,(H,22,23,24). The zero-order valence-corrected chi connectivity index (χ0v) is 16.8. The van der Waals surface area contributed by atoms with Crippen LogP contribution in [0.15, 0.2) is 53.9 Å². The summed E-state index contributed by atoms with van der Waals surface area (Å²) in [5, 5.41) is 4.92. The van der Waals surface area contributed by atoms with Crippen molar-refractivity contribution >= 4 is 28.3 Å². The molecular formula is C21H20N2O5S. The largest absolute Gasteiger partial charge is 0.497 e. The van der Waals surface area contributed by atoms with Crippen molar-refractivity contribution in [3.05, 3.63) is 59.5 Å². The molecule has 3 rings (SSSR count). The van der Waals surface area contributed by atoms with Gasteiger partial charge in [-0.2, -0.15) is 0 Å². The Morgan fingerprint density at radius 2 is 1.59 bits per heavy atom. The highest BCUT2D eigenvalue weighted by molar-refractivity contribution is 7.14. The van der Waals surface area contributed by atoms with Crippen molar-refractivity contribution in [3.63, 3.8) is 0 Å². The van der Waals surface area contributed by atoms with E-state index in [2.05, 4.69) is 10.3 Å². The molecule has 7 nitrogen and oxygen atoms in total. The monoisotopic (exact) mass is 412 g/mol. The Labute approximate surface area is 172 Å². The third kappa shape index (κ3) is 5.79. The number of esters is 1. The lowest BCUT2D eigenvalue weighted by Gasteiger charge is -2.06. The smallest absolute Gasteiger partial charge is 0.310 e. The maximum atomic E-state index is 12.0. The topological polar surface area (TPSA) is 86.8 Å². The molecule has 1 heterocycles. The highest BCUT2D eigenvalue weighted by atomic mass is 32.1. The number of benzene rings is 2. The Morgan fingerprint density at radius 1 is 0.966 bits per heavy atom. The first kappa shape index (κ1) is 20.3. The fraction of sp³-hybridized carbons (Fsp3) is 0.190. The van der Waals surface area contributed by atoms with Crippen LogP contribution in [0, 0.1) is 0 Å². The Morgan fingerprint density at radius 3 is 2.21 bits per heavy atom. The molecule has 0 saturated heterocycles. The van der Waals surface area contributed by atoms with Crippen LogP contribution in [0.2, 0.25) is 0 Å². The van der Waals surface area contributed by atoms with Crippen LogP contribution < -0.4 is 14.8 Å². The van der Waals surface area contributed by atoms with Crippen LogP contribution in [0.3, 0.4) is 0 Å². The van der Waals surface area contributed by atoms with Crippen molar-refractivity contribution in [2.24, 2.45) is 0 Å². The average molecular weight is 412 g/mol. The second kappa shape index (κ2) is 9.70. The first-order valence-corrected chi connectivity index (χ1v) is 9.63. The van der Waals surface area contributed by atoms with Crippen LogP contribution in [-0.4, -0.2) is 37.7 Å². The number of hydrogen-bond acceptors (Lipinski definition) is 7. The number of nitrogens with zero attached hydrogens (tertiary/aromatic N) is 1. The molecule has 8 heteroatoms. The summed E-state index contributed by atoms with van der Waals surface area (Å²) in [4.78, 5) is 28.3. The lowest BCUT2D eigenvalue weighted by molar-refractivity contribution is -0.146. The van der Waals surface area contributed by atoms with Gasteiger partial charge in [0, 0.05) is 10.9 Å². The lowest BCUT2D eigenvalue weighted by Crippen LogP contribution is -2.21. The summed E-state index contributed by atoms with van der Waals surface area (Å²) in [5.41, 5.74) is 2.43. The average Bonchev–Trinajstić information content (AvgIpc) is 3.21. The van der Waals surface area contributed by atoms with Gasteiger partial charge in [0.25, 0.3) is 5.91 Å². The van der Waals surface area contributed by atoms with Gasteiger partial charge in [0.15, 0.2) is 11.7 Å². The highest BCUT2D eigenvalue weighted by Gasteiger charge is 2.11. The zero-order valence-electron chi connectivity index (χ0n) is 16.0. The zero-order chi connectivity index (χ0) is 20.6. The molecule has 0 bridgehead atoms. The van der Waals surface area contributed by atoms with Gasteiger partial charge in [0.05, 0.1) is 26.3 Å². The first-order chi connectivity index (χ1) is 14.1. The van der Waals surface area contributed by atoms with E-state index in [1.54, 1.807) is 38.5 Å². The van der Waals surface area contributed by atoms with E-state index in [0.29, 0.717) is 10.9 Å². The fourth-order valence-corrected chi connectivity index (χ4v) is 3.22. The van der Waals surface area contributed by atoms with E-state index < -0.39 is 11.9 Å². The summed E-state index contributed by atoms with van der Waals surface area (Å²) < 4.78 is 15.2. The fourth-order valence-electron chi connectivity index (χ4n) is 2.49. The predicted molar refractivity (Wildman–Crippen MR) is 110 cm³/mol. The summed E-state index contributed by atoms with van der Waals surface area (Å²) in [6, 6.07) is 14.5. The maximum Gasteiger partial charge on any atom is 0.310 e. The van der Waals surface area contributed by atoms with Gasteiger partial charge in [0.1, 0.15) is 11.5 Å². The molecule has 29 heavy (non-hydrogen) atoms. The van der Waals surface area contributed by atoms with Gasteiger partial charge in [-0.3, -0.25) is 14.9 Å². The number of methoxy groups -OCH3 is 2. The number of aromatic nitrogens is 1. The van der Waals surface area contributed by atoms with Gasteiger partial charge in [-0.15, -0.1) is 11.3 Å². The molecule has 1 N–H and O–H groups in total. The summed E-state index contributed by atoms with van der Waals surface area (Å²) in [5.74, 6) is 0.542.